The van der Waals surface area contributed by atoms with Crippen LogP contribution in [0, 0.1) is 0 Å². The van der Waals surface area contributed by atoms with Crippen molar-refractivity contribution in [2.45, 2.75) is 33.6 Å². The molecule has 0 aromatic carbocycles. The van der Waals surface area contributed by atoms with Crippen molar-refractivity contribution in [3.05, 3.63) is 11.6 Å². The van der Waals surface area contributed by atoms with Crippen LogP contribution in [-0.2, 0) is 19.4 Å². The van der Waals surface area contributed by atoms with E-state index >= 15 is 0 Å². The first kappa shape index (κ1) is 11.7. The van der Waals surface area contributed by atoms with Crippen LogP contribution < -0.4 is 0 Å². The van der Waals surface area contributed by atoms with Crippen molar-refractivity contribution in [2.75, 3.05) is 0 Å². The van der Waals surface area contributed by atoms with Crippen molar-refractivity contribution in [3.8, 4) is 0 Å². The lowest BCUT2D eigenvalue weighted by atomic mass is 10.2. The van der Waals surface area contributed by atoms with Crippen LogP contribution in [0.1, 0.15) is 33.6 Å². The SMILES string of the molecule is CC/C=C(\C)C(=O)OOC(=O)CC. The van der Waals surface area contributed by atoms with Gasteiger partial charge < -0.3 is 0 Å². The summed E-state index contributed by atoms with van der Waals surface area (Å²) in [5.41, 5.74) is 0.436. The van der Waals surface area contributed by atoms with Gasteiger partial charge in [0.15, 0.2) is 0 Å². The van der Waals surface area contributed by atoms with Crippen LogP contribution in [0.5, 0.6) is 0 Å². The molecule has 0 saturated carbocycles. The van der Waals surface area contributed by atoms with Crippen molar-refractivity contribution in [2.24, 2.45) is 0 Å². The second-order valence-corrected chi connectivity index (χ2v) is 2.48. The molecule has 74 valence electrons. The standard InChI is InChI=1S/C9H14O4/c1-4-6-7(3)9(11)13-12-8(10)5-2/h6H,4-5H2,1-3H3/b7-6+. The average Bonchev–Trinajstić information content (AvgIpc) is 2.13. The maximum atomic E-state index is 11.0. The predicted molar refractivity (Wildman–Crippen MR) is 46.5 cm³/mol. The first-order valence-corrected chi connectivity index (χ1v) is 4.20. The van der Waals surface area contributed by atoms with Gasteiger partial charge in [-0.25, -0.2) is 19.4 Å². The molecule has 0 aliphatic carbocycles. The molecule has 0 amide bonds. The topological polar surface area (TPSA) is 52.6 Å². The van der Waals surface area contributed by atoms with Crippen LogP contribution in [0.3, 0.4) is 0 Å². The molecule has 0 aromatic rings. The van der Waals surface area contributed by atoms with Crippen LogP contribution >= 0.6 is 0 Å². The third-order valence-corrected chi connectivity index (χ3v) is 1.33. The molecule has 0 unspecified atom stereocenters. The van der Waals surface area contributed by atoms with Gasteiger partial charge in [0.2, 0.25) is 0 Å². The largest absolute Gasteiger partial charge is 0.381 e. The summed E-state index contributed by atoms with van der Waals surface area (Å²) in [7, 11) is 0. The van der Waals surface area contributed by atoms with Crippen molar-refractivity contribution < 1.29 is 19.4 Å². The molecule has 0 heterocycles. The summed E-state index contributed by atoms with van der Waals surface area (Å²) in [5.74, 6) is -1.18. The summed E-state index contributed by atoms with van der Waals surface area (Å²) in [5, 5.41) is 0. The van der Waals surface area contributed by atoms with E-state index in [1.165, 1.54) is 0 Å². The van der Waals surface area contributed by atoms with Gasteiger partial charge in [-0.05, 0) is 13.3 Å². The Balaban J connectivity index is 3.88. The Morgan fingerprint density at radius 1 is 1.23 bits per heavy atom. The van der Waals surface area contributed by atoms with Crippen LogP contribution in [0.4, 0.5) is 0 Å². The minimum atomic E-state index is -0.622. The molecule has 0 aromatic heterocycles. The van der Waals surface area contributed by atoms with Crippen LogP contribution in [-0.4, -0.2) is 11.9 Å². The van der Waals surface area contributed by atoms with Gasteiger partial charge in [-0.2, -0.15) is 0 Å². The lowest BCUT2D eigenvalue weighted by Crippen LogP contribution is -2.11. The summed E-state index contributed by atoms with van der Waals surface area (Å²) >= 11 is 0. The number of carbonyl (C=O) groups is 2. The van der Waals surface area contributed by atoms with Crippen molar-refractivity contribution in [1.82, 2.24) is 0 Å². The first-order chi connectivity index (χ1) is 6.11. The third-order valence-electron chi connectivity index (χ3n) is 1.33. The molecule has 0 fully saturated rings. The van der Waals surface area contributed by atoms with Crippen molar-refractivity contribution in [1.29, 1.82) is 0 Å². The minimum Gasteiger partial charge on any atom is -0.247 e. The molecule has 0 bridgehead atoms. The fraction of sp³-hybridized carbons (Fsp3) is 0.556. The van der Waals surface area contributed by atoms with Gasteiger partial charge in [0, 0.05) is 12.0 Å². The van der Waals surface area contributed by atoms with Gasteiger partial charge in [0.25, 0.3) is 0 Å². The summed E-state index contributed by atoms with van der Waals surface area (Å²) < 4.78 is 0. The molecule has 0 atom stereocenters. The predicted octanol–water partition coefficient (Wildman–Crippen LogP) is 1.75. The van der Waals surface area contributed by atoms with E-state index < -0.39 is 11.9 Å². The molecular weight excluding hydrogens is 172 g/mol. The summed E-state index contributed by atoms with van der Waals surface area (Å²) in [6, 6.07) is 0. The quantitative estimate of drug-likeness (QED) is 0.383. The maximum Gasteiger partial charge on any atom is 0.381 e. The van der Waals surface area contributed by atoms with Crippen molar-refractivity contribution >= 4 is 11.9 Å². The summed E-state index contributed by atoms with van der Waals surface area (Å²) in [6.45, 7) is 5.12. The number of allylic oxidation sites excluding steroid dienone is 1. The molecule has 13 heavy (non-hydrogen) atoms. The summed E-state index contributed by atoms with van der Waals surface area (Å²) in [6.07, 6.45) is 2.62. The van der Waals surface area contributed by atoms with Gasteiger partial charge in [0.05, 0.1) is 0 Å². The van der Waals surface area contributed by atoms with E-state index in [-0.39, 0.29) is 6.42 Å². The minimum absolute atomic E-state index is 0.184. The zero-order valence-electron chi connectivity index (χ0n) is 8.12. The van der Waals surface area contributed by atoms with Crippen LogP contribution in [0.15, 0.2) is 11.6 Å². The molecule has 4 heteroatoms. The molecule has 0 aliphatic heterocycles. The highest BCUT2D eigenvalue weighted by Gasteiger charge is 2.09. The maximum absolute atomic E-state index is 11.0. The normalized spacial score (nSPS) is 10.8. The zero-order valence-corrected chi connectivity index (χ0v) is 8.12. The Bertz CT molecular complexity index is 218. The number of carbonyl (C=O) groups excluding carboxylic acids is 2. The highest BCUT2D eigenvalue weighted by molar-refractivity contribution is 5.87. The average molecular weight is 186 g/mol. The summed E-state index contributed by atoms with van der Waals surface area (Å²) in [4.78, 5) is 30.0. The zero-order chi connectivity index (χ0) is 10.3. The second kappa shape index (κ2) is 6.22. The Hall–Kier alpha value is -1.32. The van der Waals surface area contributed by atoms with E-state index in [0.29, 0.717) is 5.57 Å². The Morgan fingerprint density at radius 2 is 1.85 bits per heavy atom. The fourth-order valence-electron chi connectivity index (χ4n) is 0.598. The number of hydrogen-bond acceptors (Lipinski definition) is 4. The molecule has 0 rings (SSSR count). The molecule has 0 saturated heterocycles. The lowest BCUT2D eigenvalue weighted by molar-refractivity contribution is -0.255. The van der Waals surface area contributed by atoms with Crippen LogP contribution in [0.25, 0.3) is 0 Å². The van der Waals surface area contributed by atoms with Gasteiger partial charge in [-0.1, -0.05) is 19.9 Å². The Labute approximate surface area is 77.4 Å². The molecule has 0 aliphatic rings. The molecule has 0 spiro atoms. The van der Waals surface area contributed by atoms with E-state index in [2.05, 4.69) is 9.78 Å². The van der Waals surface area contributed by atoms with Gasteiger partial charge in [-0.15, -0.1) is 0 Å². The van der Waals surface area contributed by atoms with E-state index in [1.54, 1.807) is 19.9 Å². The van der Waals surface area contributed by atoms with Gasteiger partial charge in [-0.3, -0.25) is 0 Å². The highest BCUT2D eigenvalue weighted by atomic mass is 17.2. The Kier molecular flexibility index (Phi) is 5.59. The molecular formula is C9H14O4. The van der Waals surface area contributed by atoms with E-state index in [4.69, 9.17) is 0 Å². The van der Waals surface area contributed by atoms with E-state index in [0.717, 1.165) is 6.42 Å². The number of rotatable bonds is 3. The lowest BCUT2D eigenvalue weighted by Gasteiger charge is -2.01. The smallest absolute Gasteiger partial charge is 0.247 e. The third kappa shape index (κ3) is 5.00. The monoisotopic (exact) mass is 186 g/mol. The van der Waals surface area contributed by atoms with Gasteiger partial charge >= 0.3 is 11.9 Å². The van der Waals surface area contributed by atoms with Crippen molar-refractivity contribution in [3.63, 3.8) is 0 Å². The fourth-order valence-corrected chi connectivity index (χ4v) is 0.598. The van der Waals surface area contributed by atoms with E-state index in [9.17, 15) is 9.59 Å². The van der Waals surface area contributed by atoms with Crippen LogP contribution in [0.2, 0.25) is 0 Å². The van der Waals surface area contributed by atoms with E-state index in [1.807, 2.05) is 6.92 Å². The first-order valence-electron chi connectivity index (χ1n) is 4.20. The highest BCUT2D eigenvalue weighted by Crippen LogP contribution is 1.99. The molecule has 0 radical (unpaired) electrons. The second-order valence-electron chi connectivity index (χ2n) is 2.48. The Morgan fingerprint density at radius 3 is 2.31 bits per heavy atom. The number of hydrogen-bond donors (Lipinski definition) is 0. The molecule has 4 nitrogen and oxygen atoms in total. The molecule has 0 N–H and O–H groups in total. The van der Waals surface area contributed by atoms with Gasteiger partial charge in [0.1, 0.15) is 0 Å².